The van der Waals surface area contributed by atoms with Crippen LogP contribution in [0.3, 0.4) is 0 Å². The van der Waals surface area contributed by atoms with Gasteiger partial charge in [-0.2, -0.15) is 0 Å². The molecule has 1 fully saturated rings. The molecule has 1 aliphatic heterocycles. The van der Waals surface area contributed by atoms with Crippen LogP contribution in [0, 0.1) is 0 Å². The summed E-state index contributed by atoms with van der Waals surface area (Å²) in [6.07, 6.45) is -0.141. The summed E-state index contributed by atoms with van der Waals surface area (Å²) >= 11 is 0. The first-order valence-corrected chi connectivity index (χ1v) is 6.34. The minimum atomic E-state index is -0.345. The maximum absolute atomic E-state index is 12.1. The molecule has 0 unspecified atom stereocenters. The minimum absolute atomic E-state index is 0. The second-order valence-corrected chi connectivity index (χ2v) is 4.60. The van der Waals surface area contributed by atoms with Crippen molar-refractivity contribution in [1.82, 2.24) is 15.3 Å². The molecule has 1 aromatic carbocycles. The highest BCUT2D eigenvalue weighted by Gasteiger charge is 2.28. The number of carbonyl (C=O) groups is 1. The Kier molecular flexibility index (Phi) is 4.59. The van der Waals surface area contributed by atoms with Crippen molar-refractivity contribution in [2.24, 2.45) is 0 Å². The van der Waals surface area contributed by atoms with Crippen LogP contribution in [-0.4, -0.2) is 41.2 Å². The van der Waals surface area contributed by atoms with Gasteiger partial charge < -0.3 is 15.0 Å². The molecular weight excluding hydrogens is 280 g/mol. The van der Waals surface area contributed by atoms with Crippen LogP contribution in [0.1, 0.15) is 6.92 Å². The lowest BCUT2D eigenvalue weighted by Crippen LogP contribution is -2.53. The number of aromatic amines is 1. The molecule has 2 heterocycles. The largest absolute Gasteiger partial charge is 0.375 e. The SMILES string of the molecule is C[C@H]1OCCN[C@@H]1C(=O)Nc1nc2ccccc2[nH]1.Cl. The monoisotopic (exact) mass is 296 g/mol. The van der Waals surface area contributed by atoms with Crippen LogP contribution in [0.25, 0.3) is 11.0 Å². The van der Waals surface area contributed by atoms with E-state index in [1.807, 2.05) is 31.2 Å². The van der Waals surface area contributed by atoms with Gasteiger partial charge in [0.2, 0.25) is 11.9 Å². The second-order valence-electron chi connectivity index (χ2n) is 4.60. The van der Waals surface area contributed by atoms with Crippen LogP contribution < -0.4 is 10.6 Å². The Bertz CT molecular complexity index is 568. The van der Waals surface area contributed by atoms with Crippen LogP contribution in [-0.2, 0) is 9.53 Å². The molecule has 2 aromatic rings. The predicted molar refractivity (Wildman–Crippen MR) is 79.2 cm³/mol. The molecule has 6 nitrogen and oxygen atoms in total. The fourth-order valence-electron chi connectivity index (χ4n) is 2.23. The van der Waals surface area contributed by atoms with E-state index in [4.69, 9.17) is 4.74 Å². The molecule has 20 heavy (non-hydrogen) atoms. The molecule has 0 aliphatic carbocycles. The molecule has 7 heteroatoms. The summed E-state index contributed by atoms with van der Waals surface area (Å²) in [5.41, 5.74) is 1.73. The Morgan fingerprint density at radius 1 is 1.45 bits per heavy atom. The van der Waals surface area contributed by atoms with Crippen molar-refractivity contribution in [3.63, 3.8) is 0 Å². The van der Waals surface area contributed by atoms with Gasteiger partial charge in [-0.25, -0.2) is 4.98 Å². The van der Waals surface area contributed by atoms with Crippen LogP contribution in [0.5, 0.6) is 0 Å². The maximum atomic E-state index is 12.1. The number of H-pyrrole nitrogens is 1. The number of halogens is 1. The Balaban J connectivity index is 0.00000147. The highest BCUT2D eigenvalue weighted by Crippen LogP contribution is 2.14. The number of fused-ring (bicyclic) bond motifs is 1. The van der Waals surface area contributed by atoms with Crippen LogP contribution in [0.4, 0.5) is 5.95 Å². The maximum Gasteiger partial charge on any atom is 0.246 e. The van der Waals surface area contributed by atoms with Gasteiger partial charge >= 0.3 is 0 Å². The lowest BCUT2D eigenvalue weighted by atomic mass is 10.1. The van der Waals surface area contributed by atoms with E-state index < -0.39 is 0 Å². The molecule has 0 bridgehead atoms. The standard InChI is InChI=1S/C13H16N4O2.ClH/c1-8-11(14-6-7-19-8)12(18)17-13-15-9-4-2-3-5-10(9)16-13;/h2-5,8,11,14H,6-7H2,1H3,(H2,15,16,17,18);1H/t8-,11+;/m1./s1. The van der Waals surface area contributed by atoms with E-state index in [1.54, 1.807) is 0 Å². The number of amides is 1. The number of benzene rings is 1. The number of aromatic nitrogens is 2. The summed E-state index contributed by atoms with van der Waals surface area (Å²) in [6.45, 7) is 3.20. The third kappa shape index (κ3) is 2.92. The van der Waals surface area contributed by atoms with Crippen LogP contribution >= 0.6 is 12.4 Å². The first kappa shape index (κ1) is 14.8. The average molecular weight is 297 g/mol. The number of hydrogen-bond donors (Lipinski definition) is 3. The highest BCUT2D eigenvalue weighted by molar-refractivity contribution is 5.95. The van der Waals surface area contributed by atoms with Crippen molar-refractivity contribution in [3.05, 3.63) is 24.3 Å². The highest BCUT2D eigenvalue weighted by atomic mass is 35.5. The smallest absolute Gasteiger partial charge is 0.246 e. The van der Waals surface area contributed by atoms with Gasteiger partial charge in [0.25, 0.3) is 0 Å². The average Bonchev–Trinajstić information content (AvgIpc) is 2.81. The van der Waals surface area contributed by atoms with Crippen molar-refractivity contribution >= 4 is 35.3 Å². The molecule has 0 saturated carbocycles. The number of hydrogen-bond acceptors (Lipinski definition) is 4. The summed E-state index contributed by atoms with van der Waals surface area (Å²) in [4.78, 5) is 19.5. The molecule has 1 saturated heterocycles. The van der Waals surface area contributed by atoms with E-state index in [9.17, 15) is 4.79 Å². The van der Waals surface area contributed by atoms with E-state index >= 15 is 0 Å². The summed E-state index contributed by atoms with van der Waals surface area (Å²) < 4.78 is 5.45. The fourth-order valence-corrected chi connectivity index (χ4v) is 2.23. The Morgan fingerprint density at radius 2 is 2.25 bits per heavy atom. The van der Waals surface area contributed by atoms with E-state index in [0.29, 0.717) is 19.1 Å². The number of para-hydroxylation sites is 2. The number of imidazole rings is 1. The summed E-state index contributed by atoms with van der Waals surface area (Å²) in [6, 6.07) is 7.30. The number of ether oxygens (including phenoxy) is 1. The lowest BCUT2D eigenvalue weighted by Gasteiger charge is -2.28. The fraction of sp³-hybridized carbons (Fsp3) is 0.385. The van der Waals surface area contributed by atoms with E-state index in [2.05, 4.69) is 20.6 Å². The molecule has 1 aromatic heterocycles. The molecule has 0 spiro atoms. The third-order valence-corrected chi connectivity index (χ3v) is 3.23. The number of nitrogens with zero attached hydrogens (tertiary/aromatic N) is 1. The van der Waals surface area contributed by atoms with Crippen molar-refractivity contribution < 1.29 is 9.53 Å². The van der Waals surface area contributed by atoms with Crippen molar-refractivity contribution in [2.75, 3.05) is 18.5 Å². The van der Waals surface area contributed by atoms with E-state index in [0.717, 1.165) is 11.0 Å². The Hall–Kier alpha value is -1.63. The number of carbonyl (C=O) groups excluding carboxylic acids is 1. The molecule has 2 atom stereocenters. The van der Waals surface area contributed by atoms with Crippen LogP contribution in [0.2, 0.25) is 0 Å². The third-order valence-electron chi connectivity index (χ3n) is 3.23. The number of rotatable bonds is 2. The van der Waals surface area contributed by atoms with Gasteiger partial charge in [-0.3, -0.25) is 10.1 Å². The van der Waals surface area contributed by atoms with Crippen molar-refractivity contribution in [3.8, 4) is 0 Å². The normalized spacial score (nSPS) is 22.2. The van der Waals surface area contributed by atoms with Crippen molar-refractivity contribution in [2.45, 2.75) is 19.1 Å². The van der Waals surface area contributed by atoms with Gasteiger partial charge in [0.1, 0.15) is 6.04 Å². The second kappa shape index (κ2) is 6.21. The lowest BCUT2D eigenvalue weighted by molar-refractivity contribution is -0.123. The van der Waals surface area contributed by atoms with Crippen LogP contribution in [0.15, 0.2) is 24.3 Å². The molecule has 108 valence electrons. The summed E-state index contributed by atoms with van der Waals surface area (Å²) in [5, 5.41) is 5.93. The Labute approximate surface area is 122 Å². The van der Waals surface area contributed by atoms with Gasteiger partial charge in [0, 0.05) is 6.54 Å². The van der Waals surface area contributed by atoms with Gasteiger partial charge in [-0.15, -0.1) is 12.4 Å². The Morgan fingerprint density at radius 3 is 3.00 bits per heavy atom. The summed E-state index contributed by atoms with van der Waals surface area (Å²) in [5.74, 6) is 0.331. The zero-order chi connectivity index (χ0) is 13.2. The first-order valence-electron chi connectivity index (χ1n) is 6.34. The zero-order valence-electron chi connectivity index (χ0n) is 11.1. The number of nitrogens with one attached hydrogen (secondary N) is 3. The zero-order valence-corrected chi connectivity index (χ0v) is 11.9. The number of morpholine rings is 1. The van der Waals surface area contributed by atoms with Gasteiger partial charge in [0.15, 0.2) is 0 Å². The number of anilines is 1. The predicted octanol–water partition coefficient (Wildman–Crippen LogP) is 1.30. The molecule has 3 N–H and O–H groups in total. The molecule has 1 amide bonds. The quantitative estimate of drug-likeness (QED) is 0.780. The van der Waals surface area contributed by atoms with Gasteiger partial charge in [-0.05, 0) is 19.1 Å². The van der Waals surface area contributed by atoms with E-state index in [1.165, 1.54) is 0 Å². The minimum Gasteiger partial charge on any atom is -0.375 e. The molecule has 3 rings (SSSR count). The topological polar surface area (TPSA) is 79.0 Å². The summed E-state index contributed by atoms with van der Waals surface area (Å²) in [7, 11) is 0. The molecule has 0 radical (unpaired) electrons. The first-order chi connectivity index (χ1) is 9.24. The van der Waals surface area contributed by atoms with Gasteiger partial charge in [0.05, 0.1) is 23.7 Å². The molecular formula is C13H17ClN4O2. The van der Waals surface area contributed by atoms with Gasteiger partial charge in [-0.1, -0.05) is 12.1 Å². The van der Waals surface area contributed by atoms with Crippen molar-refractivity contribution in [1.29, 1.82) is 0 Å². The molecule has 1 aliphatic rings. The van der Waals surface area contributed by atoms with E-state index in [-0.39, 0.29) is 30.5 Å².